The fourth-order valence-corrected chi connectivity index (χ4v) is 1.30. The molecule has 1 aromatic carbocycles. The van der Waals surface area contributed by atoms with E-state index >= 15 is 0 Å². The molecule has 0 aliphatic heterocycles. The largest absolute Gasteiger partial charge is 0.394 e. The van der Waals surface area contributed by atoms with Gasteiger partial charge in [-0.15, -0.1) is 0 Å². The second kappa shape index (κ2) is 4.40. The highest BCUT2D eigenvalue weighted by Gasteiger charge is 2.14. The first-order chi connectivity index (χ1) is 8.49. The van der Waals surface area contributed by atoms with Crippen LogP contribution in [0.3, 0.4) is 0 Å². The van der Waals surface area contributed by atoms with Crippen molar-refractivity contribution in [2.45, 2.75) is 0 Å². The molecule has 2 aromatic rings. The molecule has 0 radical (unpaired) electrons. The Morgan fingerprint density at radius 2 is 2.00 bits per heavy atom. The Morgan fingerprint density at radius 1 is 1.39 bits per heavy atom. The maximum atomic E-state index is 13.2. The van der Waals surface area contributed by atoms with E-state index in [2.05, 4.69) is 15.4 Å². The Labute approximate surface area is 100 Å². The van der Waals surface area contributed by atoms with Gasteiger partial charge in [0.05, 0.1) is 0 Å². The van der Waals surface area contributed by atoms with E-state index in [0.717, 1.165) is 12.1 Å². The van der Waals surface area contributed by atoms with Crippen LogP contribution in [0.1, 0.15) is 10.4 Å². The number of nitrogen functional groups attached to an aromatic ring is 1. The van der Waals surface area contributed by atoms with Gasteiger partial charge in [-0.25, -0.2) is 13.5 Å². The smallest absolute Gasteiger partial charge is 0.258 e. The van der Waals surface area contributed by atoms with Gasteiger partial charge in [-0.2, -0.15) is 10.1 Å². The third-order valence-corrected chi connectivity index (χ3v) is 2.28. The summed E-state index contributed by atoms with van der Waals surface area (Å²) >= 11 is 0. The van der Waals surface area contributed by atoms with Crippen LogP contribution in [0.15, 0.2) is 18.5 Å². The van der Waals surface area contributed by atoms with Gasteiger partial charge in [-0.3, -0.25) is 10.1 Å². The number of nitrogens with zero attached hydrogens (tertiary/aromatic N) is 3. The highest BCUT2D eigenvalue weighted by atomic mass is 19.1. The van der Waals surface area contributed by atoms with Crippen molar-refractivity contribution in [2.24, 2.45) is 7.05 Å². The summed E-state index contributed by atoms with van der Waals surface area (Å²) in [5.41, 5.74) is 4.29. The van der Waals surface area contributed by atoms with E-state index in [9.17, 15) is 13.6 Å². The lowest BCUT2D eigenvalue weighted by molar-refractivity contribution is 0.102. The third-order valence-electron chi connectivity index (χ3n) is 2.28. The van der Waals surface area contributed by atoms with Gasteiger partial charge in [0.25, 0.3) is 5.91 Å². The first-order valence-electron chi connectivity index (χ1n) is 4.89. The number of amides is 1. The Morgan fingerprint density at radius 3 is 2.50 bits per heavy atom. The molecule has 18 heavy (non-hydrogen) atoms. The first-order valence-corrected chi connectivity index (χ1v) is 4.89. The summed E-state index contributed by atoms with van der Waals surface area (Å²) < 4.78 is 27.7. The Hall–Kier alpha value is -2.51. The predicted molar refractivity (Wildman–Crippen MR) is 59.7 cm³/mol. The average molecular weight is 253 g/mol. The number of benzene rings is 1. The van der Waals surface area contributed by atoms with E-state index in [1.165, 1.54) is 11.0 Å². The zero-order valence-electron chi connectivity index (χ0n) is 9.32. The van der Waals surface area contributed by atoms with Gasteiger partial charge in [0.1, 0.15) is 23.6 Å². The zero-order chi connectivity index (χ0) is 13.3. The lowest BCUT2D eigenvalue weighted by Gasteiger charge is -2.05. The number of halogens is 2. The molecule has 0 saturated heterocycles. The van der Waals surface area contributed by atoms with Crippen LogP contribution >= 0.6 is 0 Å². The quantitative estimate of drug-likeness (QED) is 0.779. The van der Waals surface area contributed by atoms with Crippen LogP contribution in [-0.4, -0.2) is 20.7 Å². The van der Waals surface area contributed by atoms with Crippen molar-refractivity contribution in [1.29, 1.82) is 0 Å². The van der Waals surface area contributed by atoms with Crippen LogP contribution in [-0.2, 0) is 7.05 Å². The minimum absolute atomic E-state index is 0.164. The second-order valence-corrected chi connectivity index (χ2v) is 3.51. The van der Waals surface area contributed by atoms with E-state index in [1.807, 2.05) is 0 Å². The van der Waals surface area contributed by atoms with Crippen molar-refractivity contribution in [2.75, 3.05) is 11.1 Å². The van der Waals surface area contributed by atoms with Crippen molar-refractivity contribution >= 4 is 17.5 Å². The van der Waals surface area contributed by atoms with Crippen LogP contribution in [0, 0.1) is 11.6 Å². The maximum Gasteiger partial charge on any atom is 0.258 e. The van der Waals surface area contributed by atoms with Crippen LogP contribution in [0.25, 0.3) is 0 Å². The molecule has 8 heteroatoms. The van der Waals surface area contributed by atoms with Crippen LogP contribution in [0.2, 0.25) is 0 Å². The number of hydrogen-bond acceptors (Lipinski definition) is 4. The van der Waals surface area contributed by atoms with E-state index < -0.39 is 23.2 Å². The maximum absolute atomic E-state index is 13.2. The van der Waals surface area contributed by atoms with Crippen LogP contribution in [0.4, 0.5) is 20.4 Å². The molecule has 0 saturated carbocycles. The standard InChI is InChI=1S/C10H9F2N5O/c1-17-10(14-4-15-17)16-9(18)5-2-6(11)8(13)7(12)3-5/h2-4H,13H2,1H3,(H,14,15,16,18). The molecular formula is C10H9F2N5O. The number of aromatic nitrogens is 3. The molecule has 0 bridgehead atoms. The van der Waals surface area contributed by atoms with E-state index in [-0.39, 0.29) is 11.5 Å². The SMILES string of the molecule is Cn1ncnc1NC(=O)c1cc(F)c(N)c(F)c1. The molecule has 6 nitrogen and oxygen atoms in total. The summed E-state index contributed by atoms with van der Waals surface area (Å²) in [7, 11) is 1.56. The number of rotatable bonds is 2. The van der Waals surface area contributed by atoms with Crippen molar-refractivity contribution < 1.29 is 13.6 Å². The van der Waals surface area contributed by atoms with Gasteiger partial charge in [0, 0.05) is 12.6 Å². The van der Waals surface area contributed by atoms with Gasteiger partial charge < -0.3 is 5.73 Å². The second-order valence-electron chi connectivity index (χ2n) is 3.51. The molecule has 0 aliphatic carbocycles. The summed E-state index contributed by atoms with van der Waals surface area (Å²) in [4.78, 5) is 15.5. The molecule has 1 aromatic heterocycles. The number of carbonyl (C=O) groups excluding carboxylic acids is 1. The summed E-state index contributed by atoms with van der Waals surface area (Å²) in [6, 6.07) is 1.70. The predicted octanol–water partition coefficient (Wildman–Crippen LogP) is 0.928. The molecule has 0 aliphatic rings. The number of anilines is 2. The highest BCUT2D eigenvalue weighted by Crippen LogP contribution is 2.17. The van der Waals surface area contributed by atoms with Gasteiger partial charge in [-0.05, 0) is 12.1 Å². The Kier molecular flexibility index (Phi) is 2.92. The molecule has 0 unspecified atom stereocenters. The molecule has 0 fully saturated rings. The van der Waals surface area contributed by atoms with Crippen LogP contribution < -0.4 is 11.1 Å². The Bertz CT molecular complexity index is 587. The van der Waals surface area contributed by atoms with Gasteiger partial charge in [0.2, 0.25) is 5.95 Å². The van der Waals surface area contributed by atoms with Crippen LogP contribution in [0.5, 0.6) is 0 Å². The minimum atomic E-state index is -0.988. The Balaban J connectivity index is 2.27. The fraction of sp³-hybridized carbons (Fsp3) is 0.100. The van der Waals surface area contributed by atoms with Crippen molar-refractivity contribution in [1.82, 2.24) is 14.8 Å². The number of nitrogens with two attached hydrogens (primary N) is 1. The molecule has 0 atom stereocenters. The summed E-state index contributed by atoms with van der Waals surface area (Å²) in [5, 5.41) is 6.09. The lowest BCUT2D eigenvalue weighted by Crippen LogP contribution is -2.16. The first kappa shape index (κ1) is 12.0. The molecule has 0 spiro atoms. The molecule has 2 rings (SSSR count). The number of nitrogens with one attached hydrogen (secondary N) is 1. The monoisotopic (exact) mass is 253 g/mol. The number of carbonyl (C=O) groups is 1. The zero-order valence-corrected chi connectivity index (χ0v) is 9.32. The molecule has 94 valence electrons. The molecule has 1 amide bonds. The molecular weight excluding hydrogens is 244 g/mol. The number of hydrogen-bond donors (Lipinski definition) is 2. The van der Waals surface area contributed by atoms with Gasteiger partial charge in [0.15, 0.2) is 0 Å². The summed E-state index contributed by atoms with van der Waals surface area (Å²) in [6.45, 7) is 0. The minimum Gasteiger partial charge on any atom is -0.394 e. The lowest BCUT2D eigenvalue weighted by atomic mass is 10.2. The average Bonchev–Trinajstić information content (AvgIpc) is 2.71. The molecule has 1 heterocycles. The summed E-state index contributed by atoms with van der Waals surface area (Å²) in [5.74, 6) is -2.52. The van der Waals surface area contributed by atoms with Crippen molar-refractivity contribution in [3.8, 4) is 0 Å². The molecule has 3 N–H and O–H groups in total. The normalized spacial score (nSPS) is 10.4. The summed E-state index contributed by atoms with van der Waals surface area (Å²) in [6.07, 6.45) is 1.24. The van der Waals surface area contributed by atoms with Crippen molar-refractivity contribution in [3.63, 3.8) is 0 Å². The van der Waals surface area contributed by atoms with E-state index in [4.69, 9.17) is 5.73 Å². The van der Waals surface area contributed by atoms with Gasteiger partial charge >= 0.3 is 0 Å². The van der Waals surface area contributed by atoms with Crippen molar-refractivity contribution in [3.05, 3.63) is 35.7 Å². The van der Waals surface area contributed by atoms with E-state index in [0.29, 0.717) is 0 Å². The highest BCUT2D eigenvalue weighted by molar-refractivity contribution is 6.03. The van der Waals surface area contributed by atoms with Gasteiger partial charge in [-0.1, -0.05) is 0 Å². The third kappa shape index (κ3) is 2.12. The number of aryl methyl sites for hydroxylation is 1. The van der Waals surface area contributed by atoms with E-state index in [1.54, 1.807) is 7.05 Å². The fourth-order valence-electron chi connectivity index (χ4n) is 1.30. The topological polar surface area (TPSA) is 85.8 Å².